The van der Waals surface area contributed by atoms with Crippen molar-refractivity contribution >= 4 is 39.8 Å². The minimum absolute atomic E-state index is 0. The van der Waals surface area contributed by atoms with E-state index < -0.39 is 9.84 Å². The molecule has 138 valence electrons. The van der Waals surface area contributed by atoms with Crippen LogP contribution < -0.4 is 10.6 Å². The lowest BCUT2D eigenvalue weighted by atomic mass is 10.1. The smallest absolute Gasteiger partial charge is 0.191 e. The summed E-state index contributed by atoms with van der Waals surface area (Å²) in [5.41, 5.74) is 0.749. The highest BCUT2D eigenvalue weighted by Gasteiger charge is 2.13. The van der Waals surface area contributed by atoms with Crippen LogP contribution in [0.5, 0.6) is 0 Å². The van der Waals surface area contributed by atoms with E-state index in [1.165, 1.54) is 0 Å². The van der Waals surface area contributed by atoms with Crippen LogP contribution in [-0.2, 0) is 15.6 Å². The molecule has 1 aromatic rings. The first kappa shape index (κ1) is 23.2. The minimum Gasteiger partial charge on any atom is -0.357 e. The molecule has 0 aliphatic heterocycles. The number of hydrogen-bond donors (Lipinski definition) is 2. The van der Waals surface area contributed by atoms with Crippen LogP contribution >= 0.6 is 24.0 Å². The summed E-state index contributed by atoms with van der Waals surface area (Å²) in [7, 11) is -3.09. The number of benzene rings is 1. The molecular weight excluding hydrogens is 437 g/mol. The molecule has 0 amide bonds. The first-order chi connectivity index (χ1) is 10.7. The second-order valence-electron chi connectivity index (χ2n) is 6.57. The number of halogens is 1. The summed E-state index contributed by atoms with van der Waals surface area (Å²) in [6.45, 7) is 9.44. The van der Waals surface area contributed by atoms with Gasteiger partial charge in [-0.3, -0.25) is 4.99 Å². The van der Waals surface area contributed by atoms with Gasteiger partial charge in [-0.05, 0) is 39.7 Å². The van der Waals surface area contributed by atoms with E-state index in [9.17, 15) is 8.42 Å². The Bertz CT molecular complexity index is 596. The van der Waals surface area contributed by atoms with E-state index in [0.29, 0.717) is 13.0 Å². The topological polar surface area (TPSA) is 70.6 Å². The van der Waals surface area contributed by atoms with E-state index in [-0.39, 0.29) is 41.0 Å². The fourth-order valence-electron chi connectivity index (χ4n) is 2.04. The van der Waals surface area contributed by atoms with Gasteiger partial charge in [-0.1, -0.05) is 30.3 Å². The fraction of sp³-hybridized carbons (Fsp3) is 0.588. The first-order valence-electron chi connectivity index (χ1n) is 8.03. The molecule has 0 saturated heterocycles. The van der Waals surface area contributed by atoms with E-state index in [1.807, 2.05) is 37.3 Å². The molecule has 2 N–H and O–H groups in total. The second-order valence-corrected chi connectivity index (χ2v) is 8.75. The molecular formula is C17H30IN3O2S. The molecule has 24 heavy (non-hydrogen) atoms. The summed E-state index contributed by atoms with van der Waals surface area (Å²) in [6.07, 6.45) is 0.524. The normalized spacial score (nSPS) is 12.4. The summed E-state index contributed by atoms with van der Waals surface area (Å²) in [5.74, 6) is 0.971. The number of rotatable bonds is 7. The molecule has 0 spiro atoms. The van der Waals surface area contributed by atoms with E-state index in [2.05, 4.69) is 36.4 Å². The molecule has 1 rings (SSSR count). The van der Waals surface area contributed by atoms with Crippen molar-refractivity contribution in [2.45, 2.75) is 45.4 Å². The molecule has 0 heterocycles. The van der Waals surface area contributed by atoms with Crippen molar-refractivity contribution in [2.24, 2.45) is 4.99 Å². The molecule has 0 radical (unpaired) electrons. The third-order valence-electron chi connectivity index (χ3n) is 2.95. The standard InChI is InChI=1S/C17H29N3O2S.HI/c1-5-18-16(20-17(2,3)4)19-12-9-13-23(21,22)14-15-10-7-6-8-11-15;/h6-8,10-11H,5,9,12-14H2,1-4H3,(H2,18,19,20);1H. The summed E-state index contributed by atoms with van der Waals surface area (Å²) >= 11 is 0. The lowest BCUT2D eigenvalue weighted by Gasteiger charge is -2.23. The summed E-state index contributed by atoms with van der Waals surface area (Å²) in [6, 6.07) is 9.28. The Morgan fingerprint density at radius 1 is 1.17 bits per heavy atom. The molecule has 0 saturated carbocycles. The van der Waals surface area contributed by atoms with Gasteiger partial charge in [0.05, 0.1) is 11.5 Å². The van der Waals surface area contributed by atoms with Crippen LogP contribution in [0.4, 0.5) is 0 Å². The zero-order chi connectivity index (χ0) is 17.3. The van der Waals surface area contributed by atoms with Gasteiger partial charge in [0.1, 0.15) is 0 Å². The predicted molar refractivity (Wildman–Crippen MR) is 113 cm³/mol. The van der Waals surface area contributed by atoms with Crippen molar-refractivity contribution in [1.82, 2.24) is 10.6 Å². The highest BCUT2D eigenvalue weighted by Crippen LogP contribution is 2.07. The van der Waals surface area contributed by atoms with Crippen LogP contribution in [0, 0.1) is 0 Å². The van der Waals surface area contributed by atoms with Gasteiger partial charge in [0, 0.05) is 18.6 Å². The fourth-order valence-corrected chi connectivity index (χ4v) is 3.45. The molecule has 7 heteroatoms. The van der Waals surface area contributed by atoms with Crippen LogP contribution in [0.2, 0.25) is 0 Å². The highest BCUT2D eigenvalue weighted by molar-refractivity contribution is 14.0. The zero-order valence-electron chi connectivity index (χ0n) is 15.0. The summed E-state index contributed by atoms with van der Waals surface area (Å²) in [4.78, 5) is 4.44. The SMILES string of the molecule is CCNC(=NCCCS(=O)(=O)Cc1ccccc1)NC(C)(C)C.I. The number of guanidine groups is 1. The number of aliphatic imine (C=N–C) groups is 1. The van der Waals surface area contributed by atoms with Gasteiger partial charge < -0.3 is 10.6 Å². The number of hydrogen-bond acceptors (Lipinski definition) is 3. The zero-order valence-corrected chi connectivity index (χ0v) is 18.1. The predicted octanol–water partition coefficient (Wildman–Crippen LogP) is 2.96. The van der Waals surface area contributed by atoms with Gasteiger partial charge >= 0.3 is 0 Å². The Morgan fingerprint density at radius 2 is 1.79 bits per heavy atom. The maximum Gasteiger partial charge on any atom is 0.191 e. The Morgan fingerprint density at radius 3 is 2.33 bits per heavy atom. The van der Waals surface area contributed by atoms with Crippen molar-refractivity contribution in [3.8, 4) is 0 Å². The molecule has 0 atom stereocenters. The van der Waals surface area contributed by atoms with Crippen LogP contribution in [0.25, 0.3) is 0 Å². The lowest BCUT2D eigenvalue weighted by molar-refractivity contribution is 0.501. The molecule has 1 aromatic carbocycles. The molecule has 0 aromatic heterocycles. The van der Waals surface area contributed by atoms with Crippen molar-refractivity contribution in [1.29, 1.82) is 0 Å². The van der Waals surface area contributed by atoms with E-state index in [1.54, 1.807) is 0 Å². The Kier molecular flexibility index (Phi) is 10.5. The Balaban J connectivity index is 0.00000529. The summed E-state index contributed by atoms with van der Waals surface area (Å²) < 4.78 is 24.2. The quantitative estimate of drug-likeness (QED) is 0.280. The molecule has 5 nitrogen and oxygen atoms in total. The first-order valence-corrected chi connectivity index (χ1v) is 9.85. The maximum absolute atomic E-state index is 12.1. The van der Waals surface area contributed by atoms with Gasteiger partial charge in [0.2, 0.25) is 0 Å². The average Bonchev–Trinajstić information content (AvgIpc) is 2.43. The highest BCUT2D eigenvalue weighted by atomic mass is 127. The van der Waals surface area contributed by atoms with Crippen molar-refractivity contribution in [3.05, 3.63) is 35.9 Å². The maximum atomic E-state index is 12.1. The second kappa shape index (κ2) is 10.9. The summed E-state index contributed by atoms with van der Waals surface area (Å²) in [5, 5.41) is 6.45. The third kappa shape index (κ3) is 10.9. The van der Waals surface area contributed by atoms with Crippen LogP contribution in [-0.4, -0.2) is 38.8 Å². The lowest BCUT2D eigenvalue weighted by Crippen LogP contribution is -2.47. The monoisotopic (exact) mass is 467 g/mol. The number of nitrogens with zero attached hydrogens (tertiary/aromatic N) is 1. The minimum atomic E-state index is -3.09. The van der Waals surface area contributed by atoms with Crippen LogP contribution in [0.15, 0.2) is 35.3 Å². The van der Waals surface area contributed by atoms with E-state index >= 15 is 0 Å². The van der Waals surface area contributed by atoms with Gasteiger partial charge in [-0.25, -0.2) is 8.42 Å². The Labute approximate surface area is 163 Å². The van der Waals surface area contributed by atoms with E-state index in [4.69, 9.17) is 0 Å². The van der Waals surface area contributed by atoms with Crippen molar-refractivity contribution < 1.29 is 8.42 Å². The molecule has 0 fully saturated rings. The van der Waals surface area contributed by atoms with Gasteiger partial charge in [0.25, 0.3) is 0 Å². The Hall–Kier alpha value is -0.830. The van der Waals surface area contributed by atoms with E-state index in [0.717, 1.165) is 18.1 Å². The molecule has 0 bridgehead atoms. The number of nitrogens with one attached hydrogen (secondary N) is 2. The number of sulfone groups is 1. The largest absolute Gasteiger partial charge is 0.357 e. The third-order valence-corrected chi connectivity index (χ3v) is 4.63. The van der Waals surface area contributed by atoms with Crippen LogP contribution in [0.3, 0.4) is 0 Å². The van der Waals surface area contributed by atoms with Crippen molar-refractivity contribution in [3.63, 3.8) is 0 Å². The van der Waals surface area contributed by atoms with Crippen LogP contribution in [0.1, 0.15) is 39.7 Å². The average molecular weight is 467 g/mol. The van der Waals surface area contributed by atoms with Gasteiger partial charge in [-0.2, -0.15) is 0 Å². The molecule has 0 unspecified atom stereocenters. The molecule has 0 aliphatic rings. The molecule has 0 aliphatic carbocycles. The van der Waals surface area contributed by atoms with Crippen molar-refractivity contribution in [2.75, 3.05) is 18.8 Å². The van der Waals surface area contributed by atoms with Gasteiger partial charge in [0.15, 0.2) is 15.8 Å². The van der Waals surface area contributed by atoms with Gasteiger partial charge in [-0.15, -0.1) is 24.0 Å².